The highest BCUT2D eigenvalue weighted by atomic mass is 16.4. The van der Waals surface area contributed by atoms with Gasteiger partial charge in [0.2, 0.25) is 0 Å². The van der Waals surface area contributed by atoms with E-state index in [0.29, 0.717) is 17.4 Å². The molecular weight excluding hydrogens is 200 g/mol. The van der Waals surface area contributed by atoms with Crippen molar-refractivity contribution in [3.8, 4) is 0 Å². The van der Waals surface area contributed by atoms with Crippen LogP contribution >= 0.6 is 0 Å². The molecule has 2 rings (SSSR count). The SMILES string of the molecule is C=C(C(=O)O)[C@@H]1CCC[C@@H]2CCC(C)=CC21. The molecule has 0 radical (unpaired) electrons. The monoisotopic (exact) mass is 220 g/mol. The van der Waals surface area contributed by atoms with Gasteiger partial charge in [-0.1, -0.05) is 24.6 Å². The summed E-state index contributed by atoms with van der Waals surface area (Å²) in [5.74, 6) is 0.485. The molecule has 0 aromatic heterocycles. The Morgan fingerprint density at radius 3 is 2.88 bits per heavy atom. The van der Waals surface area contributed by atoms with E-state index in [1.165, 1.54) is 24.8 Å². The molecule has 0 aliphatic heterocycles. The predicted octanol–water partition coefficient (Wildman–Crippen LogP) is 3.40. The first-order valence-electron chi connectivity index (χ1n) is 6.19. The lowest BCUT2D eigenvalue weighted by Gasteiger charge is -2.39. The van der Waals surface area contributed by atoms with Crippen LogP contribution in [0.2, 0.25) is 0 Å². The second-order valence-electron chi connectivity index (χ2n) is 5.26. The summed E-state index contributed by atoms with van der Waals surface area (Å²) >= 11 is 0. The van der Waals surface area contributed by atoms with Crippen molar-refractivity contribution in [2.45, 2.75) is 39.0 Å². The van der Waals surface area contributed by atoms with E-state index in [1.54, 1.807) is 0 Å². The quantitative estimate of drug-likeness (QED) is 0.572. The third kappa shape index (κ3) is 2.06. The Morgan fingerprint density at radius 2 is 2.19 bits per heavy atom. The van der Waals surface area contributed by atoms with Gasteiger partial charge in [-0.3, -0.25) is 0 Å². The summed E-state index contributed by atoms with van der Waals surface area (Å²) in [4.78, 5) is 11.0. The van der Waals surface area contributed by atoms with Crippen molar-refractivity contribution < 1.29 is 9.90 Å². The number of carboxylic acid groups (broad SMARTS) is 1. The molecule has 0 amide bonds. The van der Waals surface area contributed by atoms with Crippen LogP contribution in [-0.4, -0.2) is 11.1 Å². The molecule has 0 heterocycles. The van der Waals surface area contributed by atoms with E-state index in [2.05, 4.69) is 19.6 Å². The smallest absolute Gasteiger partial charge is 0.331 e. The zero-order valence-electron chi connectivity index (χ0n) is 9.91. The van der Waals surface area contributed by atoms with Crippen LogP contribution in [-0.2, 0) is 4.79 Å². The third-order valence-corrected chi connectivity index (χ3v) is 4.21. The molecular formula is C14H20O2. The first kappa shape index (κ1) is 11.4. The number of carboxylic acids is 1. The van der Waals surface area contributed by atoms with Crippen LogP contribution in [0.15, 0.2) is 23.8 Å². The Morgan fingerprint density at radius 1 is 1.44 bits per heavy atom. The summed E-state index contributed by atoms with van der Waals surface area (Å²) in [7, 11) is 0. The maximum atomic E-state index is 11.0. The van der Waals surface area contributed by atoms with Crippen molar-refractivity contribution in [2.24, 2.45) is 17.8 Å². The van der Waals surface area contributed by atoms with Gasteiger partial charge in [0.15, 0.2) is 0 Å². The Labute approximate surface area is 97.0 Å². The Kier molecular flexibility index (Phi) is 3.17. The van der Waals surface area contributed by atoms with Crippen LogP contribution in [0.5, 0.6) is 0 Å². The predicted molar refractivity (Wildman–Crippen MR) is 64.1 cm³/mol. The lowest BCUT2D eigenvalue weighted by molar-refractivity contribution is -0.133. The molecule has 1 saturated carbocycles. The summed E-state index contributed by atoms with van der Waals surface area (Å²) in [5.41, 5.74) is 1.84. The lowest BCUT2D eigenvalue weighted by atomic mass is 9.65. The average Bonchev–Trinajstić information content (AvgIpc) is 2.27. The maximum absolute atomic E-state index is 11.0. The van der Waals surface area contributed by atoms with Gasteiger partial charge in [-0.15, -0.1) is 0 Å². The number of hydrogen-bond acceptors (Lipinski definition) is 1. The number of rotatable bonds is 2. The van der Waals surface area contributed by atoms with Crippen molar-refractivity contribution in [2.75, 3.05) is 0 Å². The van der Waals surface area contributed by atoms with E-state index in [4.69, 9.17) is 5.11 Å². The van der Waals surface area contributed by atoms with Crippen molar-refractivity contribution in [1.29, 1.82) is 0 Å². The molecule has 2 aliphatic rings. The van der Waals surface area contributed by atoms with E-state index in [1.807, 2.05) is 0 Å². The van der Waals surface area contributed by atoms with Gasteiger partial charge >= 0.3 is 5.97 Å². The number of carbonyl (C=O) groups is 1. The van der Waals surface area contributed by atoms with Gasteiger partial charge in [0.25, 0.3) is 0 Å². The second-order valence-corrected chi connectivity index (χ2v) is 5.26. The molecule has 2 aliphatic carbocycles. The summed E-state index contributed by atoms with van der Waals surface area (Å²) in [6.07, 6.45) is 8.15. The standard InChI is InChI=1S/C14H20O2/c1-9-6-7-11-4-3-5-12(13(11)8-9)10(2)14(15)16/h8,11-13H,2-7H2,1H3,(H,15,16)/t11-,12+,13?/m1/s1. The number of hydrogen-bond donors (Lipinski definition) is 1. The van der Waals surface area contributed by atoms with Crippen molar-refractivity contribution >= 4 is 5.97 Å². The maximum Gasteiger partial charge on any atom is 0.331 e. The molecule has 2 heteroatoms. The molecule has 1 fully saturated rings. The fourth-order valence-electron chi connectivity index (χ4n) is 3.29. The van der Waals surface area contributed by atoms with Gasteiger partial charge in [-0.25, -0.2) is 4.79 Å². The van der Waals surface area contributed by atoms with Crippen molar-refractivity contribution in [3.05, 3.63) is 23.8 Å². The minimum absolute atomic E-state index is 0.173. The molecule has 0 bridgehead atoms. The molecule has 1 unspecified atom stereocenters. The van der Waals surface area contributed by atoms with E-state index in [9.17, 15) is 4.79 Å². The molecule has 88 valence electrons. The highest BCUT2D eigenvalue weighted by Crippen LogP contribution is 2.44. The lowest BCUT2D eigenvalue weighted by Crippen LogP contribution is -2.32. The minimum Gasteiger partial charge on any atom is -0.478 e. The molecule has 0 aromatic carbocycles. The fraction of sp³-hybridized carbons (Fsp3) is 0.643. The van der Waals surface area contributed by atoms with E-state index in [-0.39, 0.29) is 5.92 Å². The first-order valence-corrected chi connectivity index (χ1v) is 6.19. The van der Waals surface area contributed by atoms with Crippen LogP contribution < -0.4 is 0 Å². The third-order valence-electron chi connectivity index (χ3n) is 4.21. The number of allylic oxidation sites excluding steroid dienone is 2. The summed E-state index contributed by atoms with van der Waals surface area (Å²) in [6, 6.07) is 0. The molecule has 16 heavy (non-hydrogen) atoms. The minimum atomic E-state index is -0.817. The van der Waals surface area contributed by atoms with E-state index in [0.717, 1.165) is 12.8 Å². The summed E-state index contributed by atoms with van der Waals surface area (Å²) in [5, 5.41) is 9.07. The van der Waals surface area contributed by atoms with Gasteiger partial charge in [-0.05, 0) is 50.4 Å². The van der Waals surface area contributed by atoms with Crippen LogP contribution in [0, 0.1) is 17.8 Å². The van der Waals surface area contributed by atoms with Crippen LogP contribution in [0.1, 0.15) is 39.0 Å². The zero-order chi connectivity index (χ0) is 11.7. The van der Waals surface area contributed by atoms with E-state index >= 15 is 0 Å². The second kappa shape index (κ2) is 4.44. The largest absolute Gasteiger partial charge is 0.478 e. The van der Waals surface area contributed by atoms with Gasteiger partial charge in [-0.2, -0.15) is 0 Å². The molecule has 1 N–H and O–H groups in total. The Balaban J connectivity index is 2.21. The average molecular weight is 220 g/mol. The Hall–Kier alpha value is -1.05. The topological polar surface area (TPSA) is 37.3 Å². The number of aliphatic carboxylic acids is 1. The summed E-state index contributed by atoms with van der Waals surface area (Å²) in [6.45, 7) is 5.92. The molecule has 0 spiro atoms. The van der Waals surface area contributed by atoms with Gasteiger partial charge in [0.1, 0.15) is 0 Å². The van der Waals surface area contributed by atoms with Gasteiger partial charge in [0, 0.05) is 5.57 Å². The normalized spacial score (nSPS) is 33.8. The Bertz CT molecular complexity index is 341. The summed E-state index contributed by atoms with van der Waals surface area (Å²) < 4.78 is 0. The molecule has 2 nitrogen and oxygen atoms in total. The van der Waals surface area contributed by atoms with Crippen LogP contribution in [0.4, 0.5) is 0 Å². The van der Waals surface area contributed by atoms with Crippen molar-refractivity contribution in [1.82, 2.24) is 0 Å². The number of fused-ring (bicyclic) bond motifs is 1. The van der Waals surface area contributed by atoms with Gasteiger partial charge < -0.3 is 5.11 Å². The molecule has 0 aromatic rings. The molecule has 0 saturated heterocycles. The highest BCUT2D eigenvalue weighted by Gasteiger charge is 2.36. The molecule has 3 atom stereocenters. The van der Waals surface area contributed by atoms with Crippen LogP contribution in [0.3, 0.4) is 0 Å². The van der Waals surface area contributed by atoms with E-state index < -0.39 is 5.97 Å². The van der Waals surface area contributed by atoms with Crippen molar-refractivity contribution in [3.63, 3.8) is 0 Å². The van der Waals surface area contributed by atoms with Crippen LogP contribution in [0.25, 0.3) is 0 Å². The highest BCUT2D eigenvalue weighted by molar-refractivity contribution is 5.86. The fourth-order valence-corrected chi connectivity index (χ4v) is 3.29. The van der Waals surface area contributed by atoms with Gasteiger partial charge in [0.05, 0.1) is 0 Å². The zero-order valence-corrected chi connectivity index (χ0v) is 9.91. The first-order chi connectivity index (χ1) is 7.59.